The van der Waals surface area contributed by atoms with Crippen molar-refractivity contribution >= 4 is 51.7 Å². The second-order valence-electron chi connectivity index (χ2n) is 5.25. The first-order chi connectivity index (χ1) is 11.5. The van der Waals surface area contributed by atoms with Crippen molar-refractivity contribution in [3.05, 3.63) is 12.2 Å². The predicted octanol–water partition coefficient (Wildman–Crippen LogP) is -0.133. The van der Waals surface area contributed by atoms with Gasteiger partial charge in [-0.25, -0.2) is 22.7 Å². The molecule has 9 nitrogen and oxygen atoms in total. The lowest BCUT2D eigenvalue weighted by Gasteiger charge is -2.25. The van der Waals surface area contributed by atoms with Gasteiger partial charge in [0.15, 0.2) is 5.96 Å². The number of hydrogen-bond donors (Lipinski definition) is 2. The Kier molecular flexibility index (Phi) is 10.0. The van der Waals surface area contributed by atoms with Crippen LogP contribution in [0.4, 0.5) is 0 Å². The van der Waals surface area contributed by atoms with Crippen molar-refractivity contribution in [3.8, 4) is 0 Å². The Bertz CT molecular complexity index is 645. The molecule has 0 aliphatic carbocycles. The maximum absolute atomic E-state index is 12.3. The lowest BCUT2D eigenvalue weighted by molar-refractivity contribution is 0.443. The fourth-order valence-electron chi connectivity index (χ4n) is 2.21. The quantitative estimate of drug-likeness (QED) is 0.304. The summed E-state index contributed by atoms with van der Waals surface area (Å²) in [6, 6.07) is 0. The zero-order valence-corrected chi connectivity index (χ0v) is 18.5. The van der Waals surface area contributed by atoms with Crippen LogP contribution < -0.4 is 10.6 Å². The lowest BCUT2D eigenvalue weighted by Crippen LogP contribution is -2.44. The normalized spacial score (nSPS) is 16.3. The number of guanidine groups is 1. The number of aryl methyl sites for hydroxylation is 1. The van der Waals surface area contributed by atoms with Gasteiger partial charge >= 0.3 is 0 Å². The summed E-state index contributed by atoms with van der Waals surface area (Å²) in [6.07, 6.45) is 1.48. The van der Waals surface area contributed by atoms with E-state index in [4.69, 9.17) is 0 Å². The summed E-state index contributed by atoms with van der Waals surface area (Å²) < 4.78 is 27.9. The van der Waals surface area contributed by atoms with Crippen LogP contribution in [0.5, 0.6) is 0 Å². The molecule has 144 valence electrons. The third-order valence-corrected chi connectivity index (χ3v) is 6.36. The molecule has 1 saturated heterocycles. The van der Waals surface area contributed by atoms with Gasteiger partial charge in [0, 0.05) is 44.7 Å². The number of rotatable bonds is 7. The van der Waals surface area contributed by atoms with Crippen molar-refractivity contribution in [1.29, 1.82) is 0 Å². The molecule has 1 aliphatic rings. The Balaban J connectivity index is 0.00000312. The highest BCUT2D eigenvalue weighted by molar-refractivity contribution is 14.0. The minimum absolute atomic E-state index is 0. The molecule has 0 saturated carbocycles. The SMILES string of the molecule is CCNC(=NCc1ncnn1C)NCCS(=O)(=O)N1CCSCC1.I. The van der Waals surface area contributed by atoms with Gasteiger partial charge in [0.1, 0.15) is 18.7 Å². The number of aromatic nitrogens is 3. The summed E-state index contributed by atoms with van der Waals surface area (Å²) in [6.45, 7) is 4.56. The highest BCUT2D eigenvalue weighted by atomic mass is 127. The van der Waals surface area contributed by atoms with Crippen molar-refractivity contribution in [3.63, 3.8) is 0 Å². The zero-order chi connectivity index (χ0) is 17.4. The number of hydrogen-bond acceptors (Lipinski definition) is 6. The van der Waals surface area contributed by atoms with E-state index in [1.165, 1.54) is 6.33 Å². The Labute approximate surface area is 170 Å². The molecule has 1 fully saturated rings. The van der Waals surface area contributed by atoms with Gasteiger partial charge in [-0.3, -0.25) is 4.68 Å². The van der Waals surface area contributed by atoms with Crippen LogP contribution in [-0.4, -0.2) is 76.9 Å². The highest BCUT2D eigenvalue weighted by Gasteiger charge is 2.23. The second kappa shape index (κ2) is 11.2. The maximum Gasteiger partial charge on any atom is 0.215 e. The highest BCUT2D eigenvalue weighted by Crippen LogP contribution is 2.12. The Morgan fingerprint density at radius 1 is 1.36 bits per heavy atom. The third kappa shape index (κ3) is 7.27. The fraction of sp³-hybridized carbons (Fsp3) is 0.769. The van der Waals surface area contributed by atoms with E-state index in [9.17, 15) is 8.42 Å². The monoisotopic (exact) mass is 503 g/mol. The molecule has 0 amide bonds. The van der Waals surface area contributed by atoms with Crippen molar-refractivity contribution in [2.75, 3.05) is 43.4 Å². The van der Waals surface area contributed by atoms with Gasteiger partial charge in [0.2, 0.25) is 10.0 Å². The van der Waals surface area contributed by atoms with E-state index < -0.39 is 10.0 Å². The molecule has 1 aliphatic heterocycles. The summed E-state index contributed by atoms with van der Waals surface area (Å²) in [5.74, 6) is 3.12. The van der Waals surface area contributed by atoms with E-state index in [0.29, 0.717) is 38.7 Å². The molecule has 2 N–H and O–H groups in total. The smallest absolute Gasteiger partial charge is 0.215 e. The van der Waals surface area contributed by atoms with Crippen molar-refractivity contribution < 1.29 is 8.42 Å². The summed E-state index contributed by atoms with van der Waals surface area (Å²) in [5.41, 5.74) is 0. The first kappa shape index (κ1) is 22.4. The summed E-state index contributed by atoms with van der Waals surface area (Å²) in [7, 11) is -1.40. The van der Waals surface area contributed by atoms with Gasteiger partial charge in [-0.05, 0) is 6.92 Å². The molecule has 2 heterocycles. The second-order valence-corrected chi connectivity index (χ2v) is 8.56. The topological polar surface area (TPSA) is 105 Å². The van der Waals surface area contributed by atoms with E-state index in [2.05, 4.69) is 25.7 Å². The predicted molar refractivity (Wildman–Crippen MR) is 112 cm³/mol. The van der Waals surface area contributed by atoms with Gasteiger partial charge in [0.05, 0.1) is 5.75 Å². The van der Waals surface area contributed by atoms with Crippen LogP contribution >= 0.6 is 35.7 Å². The molecule has 2 rings (SSSR count). The lowest BCUT2D eigenvalue weighted by atomic mass is 10.6. The largest absolute Gasteiger partial charge is 0.357 e. The average molecular weight is 503 g/mol. The van der Waals surface area contributed by atoms with Crippen molar-refractivity contribution in [2.24, 2.45) is 12.0 Å². The molecule has 0 unspecified atom stereocenters. The zero-order valence-electron chi connectivity index (χ0n) is 14.5. The molecule has 25 heavy (non-hydrogen) atoms. The summed E-state index contributed by atoms with van der Waals surface area (Å²) in [4.78, 5) is 8.52. The molecule has 1 aromatic rings. The maximum atomic E-state index is 12.3. The molecule has 0 aromatic carbocycles. The molecule has 1 aromatic heterocycles. The van der Waals surface area contributed by atoms with E-state index >= 15 is 0 Å². The Hall–Kier alpha value is -0.600. The van der Waals surface area contributed by atoms with Gasteiger partial charge in [-0.1, -0.05) is 0 Å². The number of aliphatic imine (C=N–C) groups is 1. The molecular weight excluding hydrogens is 477 g/mol. The van der Waals surface area contributed by atoms with Crippen LogP contribution in [-0.2, 0) is 23.6 Å². The van der Waals surface area contributed by atoms with Crippen LogP contribution in [0.25, 0.3) is 0 Å². The third-order valence-electron chi connectivity index (χ3n) is 3.54. The van der Waals surface area contributed by atoms with E-state index in [1.54, 1.807) is 20.7 Å². The van der Waals surface area contributed by atoms with E-state index in [0.717, 1.165) is 17.3 Å². The molecule has 0 radical (unpaired) electrons. The van der Waals surface area contributed by atoms with Crippen LogP contribution in [0.15, 0.2) is 11.3 Å². The minimum atomic E-state index is -3.21. The van der Waals surface area contributed by atoms with Gasteiger partial charge in [-0.2, -0.15) is 16.9 Å². The summed E-state index contributed by atoms with van der Waals surface area (Å²) in [5, 5.41) is 10.2. The molecule has 12 heteroatoms. The van der Waals surface area contributed by atoms with Crippen molar-refractivity contribution in [2.45, 2.75) is 13.5 Å². The van der Waals surface area contributed by atoms with Crippen LogP contribution in [0.1, 0.15) is 12.7 Å². The minimum Gasteiger partial charge on any atom is -0.357 e. The van der Waals surface area contributed by atoms with Crippen LogP contribution in [0.3, 0.4) is 0 Å². The average Bonchev–Trinajstić information content (AvgIpc) is 2.98. The van der Waals surface area contributed by atoms with Gasteiger partial charge in [0.25, 0.3) is 0 Å². The number of halogens is 1. The molecular formula is C13H26IN7O2S2. The number of nitrogens with one attached hydrogen (secondary N) is 2. The Morgan fingerprint density at radius 2 is 2.08 bits per heavy atom. The summed E-state index contributed by atoms with van der Waals surface area (Å²) >= 11 is 1.79. The van der Waals surface area contributed by atoms with Crippen LogP contribution in [0, 0.1) is 0 Å². The van der Waals surface area contributed by atoms with E-state index in [1.807, 2.05) is 14.0 Å². The Morgan fingerprint density at radius 3 is 2.68 bits per heavy atom. The first-order valence-corrected chi connectivity index (χ1v) is 10.7. The number of thioether (sulfide) groups is 1. The molecule has 0 atom stereocenters. The number of sulfonamides is 1. The standard InChI is InChI=1S/C13H25N7O2S2.HI/c1-3-14-13(16-10-12-17-11-18-19(12)2)15-4-9-24(21,22)20-5-7-23-8-6-20;/h11H,3-10H2,1-2H3,(H2,14,15,16);1H. The fourth-order valence-corrected chi connectivity index (χ4v) is 4.70. The first-order valence-electron chi connectivity index (χ1n) is 7.93. The van der Waals surface area contributed by atoms with Crippen LogP contribution in [0.2, 0.25) is 0 Å². The van der Waals surface area contributed by atoms with Gasteiger partial charge < -0.3 is 10.6 Å². The molecule has 0 spiro atoms. The van der Waals surface area contributed by atoms with E-state index in [-0.39, 0.29) is 29.7 Å². The molecule has 0 bridgehead atoms. The van der Waals surface area contributed by atoms with Gasteiger partial charge in [-0.15, -0.1) is 24.0 Å². The van der Waals surface area contributed by atoms with Crippen molar-refractivity contribution in [1.82, 2.24) is 29.7 Å². The number of nitrogens with zero attached hydrogens (tertiary/aromatic N) is 5.